The molecule has 0 amide bonds. The molecule has 1 heterocycles. The largest absolute Gasteiger partial charge is 0.397 e. The van der Waals surface area contributed by atoms with Crippen molar-refractivity contribution in [2.24, 2.45) is 0 Å². The van der Waals surface area contributed by atoms with Gasteiger partial charge in [-0.25, -0.2) is 8.42 Å². The molecule has 2 aromatic rings. The molecular formula is C11H14N4O2S. The lowest BCUT2D eigenvalue weighted by Crippen LogP contribution is -2.13. The normalized spacial score (nSPS) is 11.4. The Bertz CT molecular complexity index is 663. The van der Waals surface area contributed by atoms with Crippen LogP contribution in [0.25, 0.3) is 0 Å². The molecule has 6 nitrogen and oxygen atoms in total. The number of nitrogens with one attached hydrogen (secondary N) is 2. The highest BCUT2D eigenvalue weighted by molar-refractivity contribution is 7.92. The van der Waals surface area contributed by atoms with E-state index in [2.05, 4.69) is 14.9 Å². The average Bonchev–Trinajstić information content (AvgIpc) is 2.79. The second kappa shape index (κ2) is 4.34. The van der Waals surface area contributed by atoms with E-state index >= 15 is 0 Å². The molecule has 0 atom stereocenters. The molecule has 0 spiro atoms. The topological polar surface area (TPSA) is 101 Å². The molecule has 7 heteroatoms. The zero-order valence-electron chi connectivity index (χ0n) is 10.1. The zero-order chi connectivity index (χ0) is 13.3. The molecule has 0 aliphatic carbocycles. The lowest BCUT2D eigenvalue weighted by molar-refractivity contribution is 0.601. The number of nitrogens with two attached hydrogens (primary N) is 1. The summed E-state index contributed by atoms with van der Waals surface area (Å²) in [5.41, 5.74) is 8.55. The summed E-state index contributed by atoms with van der Waals surface area (Å²) in [4.78, 5) is 0.0696. The molecule has 0 unspecified atom stereocenters. The van der Waals surface area contributed by atoms with Crippen molar-refractivity contribution in [2.75, 3.05) is 10.5 Å². The summed E-state index contributed by atoms with van der Waals surface area (Å²) in [7, 11) is -3.65. The molecule has 0 saturated carbocycles. The third-order valence-electron chi connectivity index (χ3n) is 2.69. The van der Waals surface area contributed by atoms with Gasteiger partial charge in [0.25, 0.3) is 10.0 Å². The predicted molar refractivity (Wildman–Crippen MR) is 69.7 cm³/mol. The number of sulfonamides is 1. The minimum atomic E-state index is -3.65. The fourth-order valence-corrected chi connectivity index (χ4v) is 2.50. The Morgan fingerprint density at radius 3 is 2.56 bits per heavy atom. The van der Waals surface area contributed by atoms with E-state index in [4.69, 9.17) is 5.73 Å². The Hall–Kier alpha value is -2.02. The van der Waals surface area contributed by atoms with Gasteiger partial charge in [0, 0.05) is 6.20 Å². The SMILES string of the molecule is Cc1cc(N)c(NS(=O)(=O)c2cn[nH]c2)cc1C. The Morgan fingerprint density at radius 2 is 1.94 bits per heavy atom. The summed E-state index contributed by atoms with van der Waals surface area (Å²) >= 11 is 0. The molecule has 96 valence electrons. The van der Waals surface area contributed by atoms with Gasteiger partial charge in [-0.3, -0.25) is 9.82 Å². The van der Waals surface area contributed by atoms with Crippen LogP contribution in [0, 0.1) is 13.8 Å². The summed E-state index contributed by atoms with van der Waals surface area (Å²) in [6.45, 7) is 3.81. The third kappa shape index (κ3) is 2.30. The van der Waals surface area contributed by atoms with E-state index in [9.17, 15) is 8.42 Å². The maximum Gasteiger partial charge on any atom is 0.265 e. The first-order chi connectivity index (χ1) is 8.40. The van der Waals surface area contributed by atoms with Crippen molar-refractivity contribution < 1.29 is 8.42 Å². The number of rotatable bonds is 3. The molecule has 18 heavy (non-hydrogen) atoms. The van der Waals surface area contributed by atoms with Gasteiger partial charge in [0.1, 0.15) is 4.90 Å². The van der Waals surface area contributed by atoms with Crippen molar-refractivity contribution in [3.8, 4) is 0 Å². The third-order valence-corrected chi connectivity index (χ3v) is 4.03. The zero-order valence-corrected chi connectivity index (χ0v) is 10.9. The Labute approximate surface area is 105 Å². The van der Waals surface area contributed by atoms with Crippen LogP contribution in [0.2, 0.25) is 0 Å². The van der Waals surface area contributed by atoms with Crippen LogP contribution in [0.4, 0.5) is 11.4 Å². The Kier molecular flexibility index (Phi) is 3.00. The van der Waals surface area contributed by atoms with Crippen molar-refractivity contribution >= 4 is 21.4 Å². The highest BCUT2D eigenvalue weighted by atomic mass is 32.2. The maximum absolute atomic E-state index is 12.0. The van der Waals surface area contributed by atoms with Gasteiger partial charge in [-0.2, -0.15) is 5.10 Å². The van der Waals surface area contributed by atoms with Gasteiger partial charge in [0.2, 0.25) is 0 Å². The quantitative estimate of drug-likeness (QED) is 0.731. The van der Waals surface area contributed by atoms with Gasteiger partial charge in [0.05, 0.1) is 17.6 Å². The van der Waals surface area contributed by atoms with E-state index in [-0.39, 0.29) is 4.90 Å². The minimum absolute atomic E-state index is 0.0696. The van der Waals surface area contributed by atoms with Crippen LogP contribution in [-0.2, 0) is 10.0 Å². The molecule has 0 bridgehead atoms. The molecule has 0 aliphatic rings. The average molecular weight is 266 g/mol. The van der Waals surface area contributed by atoms with Crippen LogP contribution in [-0.4, -0.2) is 18.6 Å². The second-order valence-electron chi connectivity index (χ2n) is 4.06. The van der Waals surface area contributed by atoms with Gasteiger partial charge < -0.3 is 5.73 Å². The lowest BCUT2D eigenvalue weighted by Gasteiger charge is -2.11. The molecule has 1 aromatic heterocycles. The van der Waals surface area contributed by atoms with E-state index in [0.717, 1.165) is 11.1 Å². The van der Waals surface area contributed by atoms with Crippen LogP contribution < -0.4 is 10.5 Å². The summed E-state index contributed by atoms with van der Waals surface area (Å²) in [5, 5.41) is 6.07. The smallest absolute Gasteiger partial charge is 0.265 e. The molecule has 1 aromatic carbocycles. The summed E-state index contributed by atoms with van der Waals surface area (Å²) < 4.78 is 26.4. The first-order valence-corrected chi connectivity index (χ1v) is 6.77. The van der Waals surface area contributed by atoms with E-state index in [0.29, 0.717) is 11.4 Å². The number of aromatic amines is 1. The fourth-order valence-electron chi connectivity index (χ4n) is 1.52. The van der Waals surface area contributed by atoms with Gasteiger partial charge in [-0.15, -0.1) is 0 Å². The van der Waals surface area contributed by atoms with Gasteiger partial charge in [-0.05, 0) is 37.1 Å². The highest BCUT2D eigenvalue weighted by Gasteiger charge is 2.16. The van der Waals surface area contributed by atoms with Crippen LogP contribution >= 0.6 is 0 Å². The number of nitrogen functional groups attached to an aromatic ring is 1. The molecular weight excluding hydrogens is 252 g/mol. The van der Waals surface area contributed by atoms with E-state index in [1.165, 1.54) is 12.4 Å². The summed E-state index contributed by atoms with van der Waals surface area (Å²) in [6.07, 6.45) is 2.54. The number of H-pyrrole nitrogens is 1. The van der Waals surface area contributed by atoms with Gasteiger partial charge >= 0.3 is 0 Å². The van der Waals surface area contributed by atoms with Crippen molar-refractivity contribution in [3.63, 3.8) is 0 Å². The standard InChI is InChI=1S/C11H14N4O2S/c1-7-3-10(12)11(4-8(7)2)15-18(16,17)9-5-13-14-6-9/h3-6,15H,12H2,1-2H3,(H,13,14). The fraction of sp³-hybridized carbons (Fsp3) is 0.182. The number of aromatic nitrogens is 2. The first kappa shape index (κ1) is 12.4. The summed E-state index contributed by atoms with van der Waals surface area (Å²) in [6, 6.07) is 3.45. The van der Waals surface area contributed by atoms with Crippen molar-refractivity contribution in [2.45, 2.75) is 18.7 Å². The summed E-state index contributed by atoms with van der Waals surface area (Å²) in [5.74, 6) is 0. The monoisotopic (exact) mass is 266 g/mol. The van der Waals surface area contributed by atoms with E-state index < -0.39 is 10.0 Å². The molecule has 0 saturated heterocycles. The van der Waals surface area contributed by atoms with Crippen LogP contribution in [0.15, 0.2) is 29.4 Å². The van der Waals surface area contributed by atoms with Crippen LogP contribution in [0.1, 0.15) is 11.1 Å². The predicted octanol–water partition coefficient (Wildman–Crippen LogP) is 1.41. The Morgan fingerprint density at radius 1 is 1.28 bits per heavy atom. The minimum Gasteiger partial charge on any atom is -0.397 e. The number of anilines is 2. The number of aryl methyl sites for hydroxylation is 2. The van der Waals surface area contributed by atoms with Crippen molar-refractivity contribution in [1.82, 2.24) is 10.2 Å². The molecule has 0 fully saturated rings. The van der Waals surface area contributed by atoms with E-state index in [1.54, 1.807) is 12.1 Å². The Balaban J connectivity index is 2.39. The van der Waals surface area contributed by atoms with Crippen molar-refractivity contribution in [1.29, 1.82) is 0 Å². The first-order valence-electron chi connectivity index (χ1n) is 5.28. The number of benzene rings is 1. The van der Waals surface area contributed by atoms with Gasteiger partial charge in [-0.1, -0.05) is 0 Å². The second-order valence-corrected chi connectivity index (χ2v) is 5.75. The number of hydrogen-bond acceptors (Lipinski definition) is 4. The van der Waals surface area contributed by atoms with Crippen molar-refractivity contribution in [3.05, 3.63) is 35.7 Å². The molecule has 0 radical (unpaired) electrons. The molecule has 4 N–H and O–H groups in total. The number of nitrogens with zero attached hydrogens (tertiary/aromatic N) is 1. The lowest BCUT2D eigenvalue weighted by atomic mass is 10.1. The number of hydrogen-bond donors (Lipinski definition) is 3. The van der Waals surface area contributed by atoms with E-state index in [1.807, 2.05) is 13.8 Å². The van der Waals surface area contributed by atoms with Crippen LogP contribution in [0.5, 0.6) is 0 Å². The molecule has 0 aliphatic heterocycles. The molecule has 2 rings (SSSR count). The maximum atomic E-state index is 12.0. The van der Waals surface area contributed by atoms with Crippen LogP contribution in [0.3, 0.4) is 0 Å². The van der Waals surface area contributed by atoms with Gasteiger partial charge in [0.15, 0.2) is 0 Å². The highest BCUT2D eigenvalue weighted by Crippen LogP contribution is 2.25.